The van der Waals surface area contributed by atoms with E-state index in [-0.39, 0.29) is 11.2 Å². The topological polar surface area (TPSA) is 114 Å². The van der Waals surface area contributed by atoms with Crippen molar-refractivity contribution in [1.29, 1.82) is 0 Å². The maximum atomic E-state index is 12.7. The summed E-state index contributed by atoms with van der Waals surface area (Å²) in [5.74, 6) is 0.328. The van der Waals surface area contributed by atoms with Crippen molar-refractivity contribution in [2.24, 2.45) is 0 Å². The molecular weight excluding hydrogens is 358 g/mol. The third kappa shape index (κ3) is 3.43. The van der Waals surface area contributed by atoms with Crippen LogP contribution < -0.4 is 10.9 Å². The SMILES string of the molecule is O=c1[nH]c(NCc2ccccc2)nc2nccc(-c3ccc([N+](=O)[O-])cc3)c12. The van der Waals surface area contributed by atoms with Crippen LogP contribution in [0.25, 0.3) is 22.2 Å². The Bertz CT molecular complexity index is 1200. The zero-order valence-electron chi connectivity index (χ0n) is 14.6. The van der Waals surface area contributed by atoms with Crippen LogP contribution in [0.3, 0.4) is 0 Å². The minimum absolute atomic E-state index is 0.0125. The molecule has 138 valence electrons. The fourth-order valence-electron chi connectivity index (χ4n) is 2.93. The maximum absolute atomic E-state index is 12.7. The Morgan fingerprint density at radius 2 is 1.79 bits per heavy atom. The lowest BCUT2D eigenvalue weighted by Crippen LogP contribution is -2.14. The first kappa shape index (κ1) is 17.3. The lowest BCUT2D eigenvalue weighted by atomic mass is 10.0. The summed E-state index contributed by atoms with van der Waals surface area (Å²) in [6.45, 7) is 0.511. The molecule has 0 aliphatic carbocycles. The van der Waals surface area contributed by atoms with Crippen molar-refractivity contribution >= 4 is 22.7 Å². The molecule has 0 radical (unpaired) electrons. The number of benzene rings is 2. The van der Waals surface area contributed by atoms with Gasteiger partial charge in [-0.2, -0.15) is 4.98 Å². The molecule has 28 heavy (non-hydrogen) atoms. The molecule has 4 aromatic rings. The van der Waals surface area contributed by atoms with Crippen molar-refractivity contribution in [3.05, 3.63) is 92.9 Å². The number of hydrogen-bond acceptors (Lipinski definition) is 6. The van der Waals surface area contributed by atoms with Crippen LogP contribution in [0.5, 0.6) is 0 Å². The average Bonchev–Trinajstić information content (AvgIpc) is 2.72. The highest BCUT2D eigenvalue weighted by atomic mass is 16.6. The molecule has 8 heteroatoms. The first-order chi connectivity index (χ1) is 13.6. The van der Waals surface area contributed by atoms with Crippen LogP contribution in [-0.4, -0.2) is 19.9 Å². The molecule has 0 unspecified atom stereocenters. The monoisotopic (exact) mass is 373 g/mol. The first-order valence-electron chi connectivity index (χ1n) is 8.53. The Morgan fingerprint density at radius 1 is 1.04 bits per heavy atom. The molecular formula is C20H15N5O3. The molecule has 0 bridgehead atoms. The van der Waals surface area contributed by atoms with Gasteiger partial charge in [-0.25, -0.2) is 4.98 Å². The number of aromatic nitrogens is 3. The van der Waals surface area contributed by atoms with Crippen LogP contribution in [0.1, 0.15) is 5.56 Å². The highest BCUT2D eigenvalue weighted by Crippen LogP contribution is 2.26. The van der Waals surface area contributed by atoms with E-state index in [9.17, 15) is 14.9 Å². The van der Waals surface area contributed by atoms with Gasteiger partial charge in [-0.1, -0.05) is 30.3 Å². The summed E-state index contributed by atoms with van der Waals surface area (Å²) in [6, 6.07) is 17.5. The molecule has 0 aliphatic heterocycles. The van der Waals surface area contributed by atoms with Crippen molar-refractivity contribution in [2.45, 2.75) is 6.54 Å². The van der Waals surface area contributed by atoms with E-state index < -0.39 is 4.92 Å². The summed E-state index contributed by atoms with van der Waals surface area (Å²) in [5, 5.41) is 14.3. The van der Waals surface area contributed by atoms with Gasteiger partial charge in [-0.3, -0.25) is 19.9 Å². The number of nitrogens with one attached hydrogen (secondary N) is 2. The van der Waals surface area contributed by atoms with Crippen LogP contribution in [0, 0.1) is 10.1 Å². The number of nitrogens with zero attached hydrogens (tertiary/aromatic N) is 3. The first-order valence-corrected chi connectivity index (χ1v) is 8.53. The Hall–Kier alpha value is -4.07. The number of nitro benzene ring substituents is 1. The highest BCUT2D eigenvalue weighted by molar-refractivity contribution is 5.92. The molecule has 0 amide bonds. The third-order valence-electron chi connectivity index (χ3n) is 4.30. The van der Waals surface area contributed by atoms with Gasteiger partial charge in [0.05, 0.1) is 10.3 Å². The lowest BCUT2D eigenvalue weighted by Gasteiger charge is -2.08. The molecule has 0 aliphatic rings. The van der Waals surface area contributed by atoms with Gasteiger partial charge in [-0.15, -0.1) is 0 Å². The number of fused-ring (bicyclic) bond motifs is 1. The number of non-ortho nitro benzene ring substituents is 1. The van der Waals surface area contributed by atoms with Crippen LogP contribution in [-0.2, 0) is 6.54 Å². The highest BCUT2D eigenvalue weighted by Gasteiger charge is 2.13. The quantitative estimate of drug-likeness (QED) is 0.409. The van der Waals surface area contributed by atoms with E-state index in [2.05, 4.69) is 20.3 Å². The summed E-state index contributed by atoms with van der Waals surface area (Å²) in [5.41, 5.74) is 2.30. The molecule has 4 rings (SSSR count). The van der Waals surface area contributed by atoms with E-state index >= 15 is 0 Å². The minimum Gasteiger partial charge on any atom is -0.352 e. The minimum atomic E-state index is -0.465. The molecule has 0 atom stereocenters. The van der Waals surface area contributed by atoms with Crippen molar-refractivity contribution < 1.29 is 4.92 Å². The van der Waals surface area contributed by atoms with Crippen LogP contribution in [0.2, 0.25) is 0 Å². The van der Waals surface area contributed by atoms with E-state index in [1.54, 1.807) is 24.4 Å². The van der Waals surface area contributed by atoms with Gasteiger partial charge < -0.3 is 5.32 Å². The van der Waals surface area contributed by atoms with Gasteiger partial charge in [0.25, 0.3) is 11.2 Å². The zero-order valence-corrected chi connectivity index (χ0v) is 14.6. The Balaban J connectivity index is 1.70. The predicted octanol–water partition coefficient (Wildman–Crippen LogP) is 3.51. The summed E-state index contributed by atoms with van der Waals surface area (Å²) in [4.78, 5) is 34.4. The van der Waals surface area contributed by atoms with Gasteiger partial charge in [0.1, 0.15) is 0 Å². The fourth-order valence-corrected chi connectivity index (χ4v) is 2.93. The van der Waals surface area contributed by atoms with Crippen molar-refractivity contribution in [1.82, 2.24) is 15.0 Å². The van der Waals surface area contributed by atoms with Gasteiger partial charge in [0.2, 0.25) is 5.95 Å². The second-order valence-corrected chi connectivity index (χ2v) is 6.11. The molecule has 0 saturated carbocycles. The van der Waals surface area contributed by atoms with E-state index in [4.69, 9.17) is 0 Å². The molecule has 2 heterocycles. The maximum Gasteiger partial charge on any atom is 0.269 e. The lowest BCUT2D eigenvalue weighted by molar-refractivity contribution is -0.384. The number of rotatable bonds is 5. The number of nitro groups is 1. The second kappa shape index (κ2) is 7.28. The van der Waals surface area contributed by atoms with Gasteiger partial charge >= 0.3 is 0 Å². The molecule has 2 N–H and O–H groups in total. The van der Waals surface area contributed by atoms with Crippen LogP contribution in [0.4, 0.5) is 11.6 Å². The normalized spacial score (nSPS) is 10.7. The van der Waals surface area contributed by atoms with Gasteiger partial charge in [-0.05, 0) is 34.9 Å². The Kier molecular flexibility index (Phi) is 4.51. The zero-order chi connectivity index (χ0) is 19.5. The van der Waals surface area contributed by atoms with Crippen molar-refractivity contribution in [2.75, 3.05) is 5.32 Å². The number of anilines is 1. The molecule has 8 nitrogen and oxygen atoms in total. The van der Waals surface area contributed by atoms with E-state index in [0.717, 1.165) is 5.56 Å². The third-order valence-corrected chi connectivity index (χ3v) is 4.30. The largest absolute Gasteiger partial charge is 0.352 e. The van der Waals surface area contributed by atoms with Crippen LogP contribution >= 0.6 is 0 Å². The molecule has 2 aromatic heterocycles. The van der Waals surface area contributed by atoms with E-state index in [0.29, 0.717) is 34.7 Å². The summed E-state index contributed by atoms with van der Waals surface area (Å²) >= 11 is 0. The predicted molar refractivity (Wildman–Crippen MR) is 106 cm³/mol. The second-order valence-electron chi connectivity index (χ2n) is 6.11. The average molecular weight is 373 g/mol. The summed E-state index contributed by atoms with van der Waals surface area (Å²) in [6.07, 6.45) is 1.56. The Morgan fingerprint density at radius 3 is 2.50 bits per heavy atom. The number of aromatic amines is 1. The van der Waals surface area contributed by atoms with Gasteiger partial charge in [0.15, 0.2) is 5.65 Å². The number of H-pyrrole nitrogens is 1. The molecule has 0 fully saturated rings. The fraction of sp³-hybridized carbons (Fsp3) is 0.0500. The van der Waals surface area contributed by atoms with Gasteiger partial charge in [0, 0.05) is 24.9 Å². The standard InChI is InChI=1S/C20H15N5O3/c26-19-17-16(14-6-8-15(9-7-14)25(27)28)10-11-21-18(17)23-20(24-19)22-12-13-4-2-1-3-5-13/h1-11H,12H2,(H2,21,22,23,24,26). The molecule has 0 saturated heterocycles. The molecule has 2 aromatic carbocycles. The smallest absolute Gasteiger partial charge is 0.269 e. The van der Waals surface area contributed by atoms with Crippen molar-refractivity contribution in [3.8, 4) is 11.1 Å². The number of pyridine rings is 1. The summed E-state index contributed by atoms with van der Waals surface area (Å²) in [7, 11) is 0. The van der Waals surface area contributed by atoms with Crippen molar-refractivity contribution in [3.63, 3.8) is 0 Å². The summed E-state index contributed by atoms with van der Waals surface area (Å²) < 4.78 is 0. The van der Waals surface area contributed by atoms with Crippen LogP contribution in [0.15, 0.2) is 71.7 Å². The van der Waals surface area contributed by atoms with E-state index in [1.807, 2.05) is 30.3 Å². The number of hydrogen-bond donors (Lipinski definition) is 2. The van der Waals surface area contributed by atoms with E-state index in [1.165, 1.54) is 12.1 Å². The molecule has 0 spiro atoms. The Labute approximate surface area is 159 Å².